The van der Waals surface area contributed by atoms with Crippen LogP contribution in [-0.4, -0.2) is 11.8 Å². The molecule has 4 nitrogen and oxygen atoms in total. The van der Waals surface area contributed by atoms with E-state index in [1.807, 2.05) is 12.1 Å². The van der Waals surface area contributed by atoms with Gasteiger partial charge in [0.25, 0.3) is 5.91 Å². The molecule has 2 aromatic rings. The number of nitrogens with one attached hydrogen (secondary N) is 2. The Balaban J connectivity index is 1.67. The van der Waals surface area contributed by atoms with E-state index in [9.17, 15) is 9.59 Å². The lowest BCUT2D eigenvalue weighted by molar-refractivity contribution is -0.124. The molecule has 0 radical (unpaired) electrons. The van der Waals surface area contributed by atoms with Crippen molar-refractivity contribution >= 4 is 35.0 Å². The molecule has 2 amide bonds. The van der Waals surface area contributed by atoms with Crippen LogP contribution in [0.4, 0.5) is 0 Å². The highest BCUT2D eigenvalue weighted by molar-refractivity contribution is 6.33. The molecule has 0 saturated heterocycles. The number of hydrogen-bond donors (Lipinski definition) is 2. The van der Waals surface area contributed by atoms with Gasteiger partial charge in [0.1, 0.15) is 0 Å². The second-order valence-electron chi connectivity index (χ2n) is 5.48. The molecule has 0 unspecified atom stereocenters. The summed E-state index contributed by atoms with van der Waals surface area (Å²) in [5, 5.41) is 0.954. The highest BCUT2D eigenvalue weighted by Crippen LogP contribution is 2.48. The fourth-order valence-electron chi connectivity index (χ4n) is 2.49. The maximum Gasteiger partial charge on any atom is 0.271 e. The molecule has 0 atom stereocenters. The smallest absolute Gasteiger partial charge is 0.271 e. The first-order chi connectivity index (χ1) is 11.0. The van der Waals surface area contributed by atoms with Crippen molar-refractivity contribution in [3.63, 3.8) is 0 Å². The lowest BCUT2D eigenvalue weighted by Gasteiger charge is -2.16. The molecule has 1 saturated carbocycles. The van der Waals surface area contributed by atoms with E-state index in [4.69, 9.17) is 23.2 Å². The van der Waals surface area contributed by atoms with Crippen LogP contribution < -0.4 is 10.9 Å². The van der Waals surface area contributed by atoms with Crippen molar-refractivity contribution in [2.75, 3.05) is 0 Å². The number of carbonyl (C=O) groups excluding carboxylic acids is 2. The fraction of sp³-hybridized carbons (Fsp3) is 0.176. The average Bonchev–Trinajstić information content (AvgIpc) is 3.35. The van der Waals surface area contributed by atoms with Crippen LogP contribution in [0.5, 0.6) is 0 Å². The number of hydrazine groups is 1. The zero-order chi connectivity index (χ0) is 16.4. The Bertz CT molecular complexity index is 755. The molecule has 2 aromatic carbocycles. The zero-order valence-electron chi connectivity index (χ0n) is 12.1. The molecule has 0 spiro atoms. The Morgan fingerprint density at radius 3 is 2.17 bits per heavy atom. The summed E-state index contributed by atoms with van der Waals surface area (Å²) in [6.45, 7) is 0. The second-order valence-corrected chi connectivity index (χ2v) is 6.32. The third kappa shape index (κ3) is 3.19. The predicted molar refractivity (Wildman–Crippen MR) is 89.4 cm³/mol. The van der Waals surface area contributed by atoms with Crippen LogP contribution in [0.3, 0.4) is 0 Å². The summed E-state index contributed by atoms with van der Waals surface area (Å²) >= 11 is 11.8. The summed E-state index contributed by atoms with van der Waals surface area (Å²) < 4.78 is 0. The summed E-state index contributed by atoms with van der Waals surface area (Å²) in [5.41, 5.74) is 5.53. The summed E-state index contributed by atoms with van der Waals surface area (Å²) in [5.74, 6) is -0.684. The van der Waals surface area contributed by atoms with E-state index >= 15 is 0 Å². The molecule has 0 heterocycles. The number of benzene rings is 2. The molecule has 2 N–H and O–H groups in total. The molecule has 23 heavy (non-hydrogen) atoms. The summed E-state index contributed by atoms with van der Waals surface area (Å²) in [4.78, 5) is 24.5. The lowest BCUT2D eigenvalue weighted by atomic mass is 9.95. The van der Waals surface area contributed by atoms with E-state index in [2.05, 4.69) is 10.9 Å². The molecule has 1 aliphatic carbocycles. The Morgan fingerprint density at radius 1 is 0.913 bits per heavy atom. The van der Waals surface area contributed by atoms with E-state index in [-0.39, 0.29) is 5.91 Å². The van der Waals surface area contributed by atoms with Gasteiger partial charge in [-0.2, -0.15) is 0 Å². The normalized spacial score (nSPS) is 14.9. The van der Waals surface area contributed by atoms with Gasteiger partial charge in [-0.05, 0) is 42.7 Å². The Morgan fingerprint density at radius 2 is 1.57 bits per heavy atom. The number of carbonyl (C=O) groups is 2. The molecular weight excluding hydrogens is 335 g/mol. The molecular formula is C17H14Cl2N2O2. The summed E-state index contributed by atoms with van der Waals surface area (Å²) in [6.07, 6.45) is 1.48. The molecule has 0 aromatic heterocycles. The van der Waals surface area contributed by atoms with Crippen molar-refractivity contribution in [3.8, 4) is 0 Å². The van der Waals surface area contributed by atoms with E-state index in [1.165, 1.54) is 0 Å². The van der Waals surface area contributed by atoms with Crippen LogP contribution in [0.1, 0.15) is 28.8 Å². The fourth-order valence-corrected chi connectivity index (χ4v) is 2.83. The second kappa shape index (κ2) is 6.22. The van der Waals surface area contributed by atoms with E-state index in [0.29, 0.717) is 15.6 Å². The van der Waals surface area contributed by atoms with Gasteiger partial charge in [-0.3, -0.25) is 20.4 Å². The summed E-state index contributed by atoms with van der Waals surface area (Å²) in [7, 11) is 0. The van der Waals surface area contributed by atoms with Crippen molar-refractivity contribution in [2.45, 2.75) is 18.3 Å². The van der Waals surface area contributed by atoms with Crippen LogP contribution in [0, 0.1) is 0 Å². The van der Waals surface area contributed by atoms with Crippen molar-refractivity contribution in [1.29, 1.82) is 0 Å². The first-order valence-electron chi connectivity index (χ1n) is 7.14. The predicted octanol–water partition coefficient (Wildman–Crippen LogP) is 3.49. The van der Waals surface area contributed by atoms with Gasteiger partial charge in [0.05, 0.1) is 16.0 Å². The highest BCUT2D eigenvalue weighted by Gasteiger charge is 2.51. The third-order valence-electron chi connectivity index (χ3n) is 3.99. The van der Waals surface area contributed by atoms with Crippen LogP contribution in [0.15, 0.2) is 48.5 Å². The van der Waals surface area contributed by atoms with Gasteiger partial charge in [0, 0.05) is 5.02 Å². The van der Waals surface area contributed by atoms with Gasteiger partial charge in [-0.15, -0.1) is 0 Å². The molecule has 0 bridgehead atoms. The quantitative estimate of drug-likeness (QED) is 0.834. The maximum atomic E-state index is 12.4. The number of halogens is 2. The maximum absolute atomic E-state index is 12.4. The van der Waals surface area contributed by atoms with Crippen molar-refractivity contribution in [1.82, 2.24) is 10.9 Å². The minimum atomic E-state index is -0.585. The Hall–Kier alpha value is -2.04. The number of hydrogen-bond acceptors (Lipinski definition) is 2. The van der Waals surface area contributed by atoms with Crippen LogP contribution in [0.2, 0.25) is 10.0 Å². The first-order valence-corrected chi connectivity index (χ1v) is 7.90. The molecule has 3 rings (SSSR count). The van der Waals surface area contributed by atoms with E-state index < -0.39 is 11.3 Å². The van der Waals surface area contributed by atoms with Gasteiger partial charge < -0.3 is 0 Å². The third-order valence-corrected chi connectivity index (χ3v) is 4.57. The monoisotopic (exact) mass is 348 g/mol. The van der Waals surface area contributed by atoms with Crippen LogP contribution in [-0.2, 0) is 10.2 Å². The average molecular weight is 349 g/mol. The van der Waals surface area contributed by atoms with Gasteiger partial charge in [-0.1, -0.05) is 47.5 Å². The van der Waals surface area contributed by atoms with Crippen molar-refractivity contribution in [2.24, 2.45) is 0 Å². The number of amides is 2. The first kappa shape index (κ1) is 15.8. The van der Waals surface area contributed by atoms with E-state index in [1.54, 1.807) is 36.4 Å². The highest BCUT2D eigenvalue weighted by atomic mass is 35.5. The van der Waals surface area contributed by atoms with E-state index in [0.717, 1.165) is 18.4 Å². The minimum absolute atomic E-state index is 0.236. The molecule has 1 aliphatic rings. The SMILES string of the molecule is O=C(NNC(=O)C1(c2ccc(Cl)cc2)CC1)c1ccccc1Cl. The van der Waals surface area contributed by atoms with Gasteiger partial charge in [0.15, 0.2) is 0 Å². The van der Waals surface area contributed by atoms with Gasteiger partial charge >= 0.3 is 0 Å². The molecule has 1 fully saturated rings. The topological polar surface area (TPSA) is 58.2 Å². The van der Waals surface area contributed by atoms with Crippen molar-refractivity contribution < 1.29 is 9.59 Å². The summed E-state index contributed by atoms with van der Waals surface area (Å²) in [6, 6.07) is 13.8. The minimum Gasteiger partial charge on any atom is -0.272 e. The van der Waals surface area contributed by atoms with Crippen LogP contribution in [0.25, 0.3) is 0 Å². The van der Waals surface area contributed by atoms with Crippen LogP contribution >= 0.6 is 23.2 Å². The molecule has 118 valence electrons. The van der Waals surface area contributed by atoms with Gasteiger partial charge in [-0.25, -0.2) is 0 Å². The lowest BCUT2D eigenvalue weighted by Crippen LogP contribution is -2.46. The molecule has 0 aliphatic heterocycles. The van der Waals surface area contributed by atoms with Gasteiger partial charge in [0.2, 0.25) is 5.91 Å². The Labute approximate surface area is 143 Å². The Kier molecular flexibility index (Phi) is 4.28. The largest absolute Gasteiger partial charge is 0.272 e. The zero-order valence-corrected chi connectivity index (χ0v) is 13.6. The number of rotatable bonds is 3. The molecule has 6 heteroatoms. The van der Waals surface area contributed by atoms with Crippen molar-refractivity contribution in [3.05, 3.63) is 69.7 Å². The standard InChI is InChI=1S/C17H14Cl2N2O2/c18-12-7-5-11(6-8-12)17(9-10-17)16(23)21-20-15(22)13-3-1-2-4-14(13)19/h1-8H,9-10H2,(H,20,22)(H,21,23).